The van der Waals surface area contributed by atoms with Crippen molar-refractivity contribution >= 4 is 17.6 Å². The van der Waals surface area contributed by atoms with Crippen LogP contribution in [0.2, 0.25) is 0 Å². The van der Waals surface area contributed by atoms with Crippen molar-refractivity contribution in [2.75, 3.05) is 7.11 Å². The standard InChI is InChI=1S/C19H15NO4/c1-23-12-8-6-11(7-9-12)15-10-14-13-4-2-3-5-16(13)24-19(22)17(14)18(21)20-15/h2-10,14,17H,1H3,(H,20,21). The van der Waals surface area contributed by atoms with E-state index >= 15 is 0 Å². The van der Waals surface area contributed by atoms with Crippen LogP contribution in [0.5, 0.6) is 11.5 Å². The molecular weight excluding hydrogens is 306 g/mol. The Balaban J connectivity index is 1.79. The molecular formula is C19H15NO4. The van der Waals surface area contributed by atoms with Gasteiger partial charge >= 0.3 is 5.97 Å². The maximum absolute atomic E-state index is 12.5. The number of benzene rings is 2. The number of ether oxygens (including phenoxy) is 2. The topological polar surface area (TPSA) is 64.6 Å². The number of allylic oxidation sites excluding steroid dienone is 1. The Hall–Kier alpha value is -3.08. The van der Waals surface area contributed by atoms with Gasteiger partial charge in [0.1, 0.15) is 17.4 Å². The molecule has 2 atom stereocenters. The highest BCUT2D eigenvalue weighted by Gasteiger charge is 2.44. The number of hydrogen-bond acceptors (Lipinski definition) is 4. The Morgan fingerprint density at radius 2 is 1.79 bits per heavy atom. The number of carbonyl (C=O) groups excluding carboxylic acids is 2. The molecule has 5 nitrogen and oxygen atoms in total. The summed E-state index contributed by atoms with van der Waals surface area (Å²) in [6.07, 6.45) is 1.92. The SMILES string of the molecule is COc1ccc(C2=CC3c4ccccc4OC(=O)C3C(=O)N2)cc1. The van der Waals surface area contributed by atoms with Gasteiger partial charge in [-0.15, -0.1) is 0 Å². The lowest BCUT2D eigenvalue weighted by Gasteiger charge is -2.33. The molecule has 2 aromatic carbocycles. The molecule has 2 unspecified atom stereocenters. The number of esters is 1. The predicted octanol–water partition coefficient (Wildman–Crippen LogP) is 2.48. The summed E-state index contributed by atoms with van der Waals surface area (Å²) >= 11 is 0. The molecule has 0 fully saturated rings. The fourth-order valence-electron chi connectivity index (χ4n) is 3.17. The molecule has 5 heteroatoms. The number of para-hydroxylation sites is 1. The first-order chi connectivity index (χ1) is 11.7. The van der Waals surface area contributed by atoms with E-state index in [9.17, 15) is 9.59 Å². The summed E-state index contributed by atoms with van der Waals surface area (Å²) in [7, 11) is 1.60. The van der Waals surface area contributed by atoms with Crippen LogP contribution in [0, 0.1) is 5.92 Å². The van der Waals surface area contributed by atoms with Crippen LogP contribution in [-0.4, -0.2) is 19.0 Å². The van der Waals surface area contributed by atoms with Crippen LogP contribution in [-0.2, 0) is 9.59 Å². The van der Waals surface area contributed by atoms with Gasteiger partial charge in [0, 0.05) is 17.2 Å². The summed E-state index contributed by atoms with van der Waals surface area (Å²) in [4.78, 5) is 24.7. The molecule has 0 saturated heterocycles. The molecule has 1 amide bonds. The number of methoxy groups -OCH3 is 1. The maximum atomic E-state index is 12.5. The highest BCUT2D eigenvalue weighted by molar-refractivity contribution is 6.06. The fraction of sp³-hybridized carbons (Fsp3) is 0.158. The summed E-state index contributed by atoms with van der Waals surface area (Å²) < 4.78 is 10.5. The molecule has 120 valence electrons. The second-order valence-corrected chi connectivity index (χ2v) is 5.76. The number of rotatable bonds is 2. The van der Waals surface area contributed by atoms with Crippen molar-refractivity contribution in [3.05, 3.63) is 65.7 Å². The van der Waals surface area contributed by atoms with E-state index in [-0.39, 0.29) is 11.8 Å². The Morgan fingerprint density at radius 3 is 2.54 bits per heavy atom. The van der Waals surface area contributed by atoms with Crippen molar-refractivity contribution in [3.8, 4) is 11.5 Å². The van der Waals surface area contributed by atoms with E-state index in [2.05, 4.69) is 5.32 Å². The van der Waals surface area contributed by atoms with Crippen molar-refractivity contribution in [1.82, 2.24) is 5.32 Å². The van der Waals surface area contributed by atoms with Gasteiger partial charge in [-0.25, -0.2) is 0 Å². The van der Waals surface area contributed by atoms with E-state index in [1.165, 1.54) is 0 Å². The largest absolute Gasteiger partial charge is 0.497 e. The number of amides is 1. The number of nitrogens with one attached hydrogen (secondary N) is 1. The Bertz CT molecular complexity index is 854. The minimum absolute atomic E-state index is 0.326. The van der Waals surface area contributed by atoms with E-state index in [1.807, 2.05) is 48.5 Å². The van der Waals surface area contributed by atoms with Crippen molar-refractivity contribution in [2.45, 2.75) is 5.92 Å². The molecule has 24 heavy (non-hydrogen) atoms. The highest BCUT2D eigenvalue weighted by atomic mass is 16.5. The zero-order valence-electron chi connectivity index (χ0n) is 13.0. The summed E-state index contributed by atoms with van der Waals surface area (Å²) in [5.41, 5.74) is 2.40. The molecule has 0 spiro atoms. The molecule has 1 N–H and O–H groups in total. The fourth-order valence-corrected chi connectivity index (χ4v) is 3.17. The van der Waals surface area contributed by atoms with Crippen LogP contribution >= 0.6 is 0 Å². The summed E-state index contributed by atoms with van der Waals surface area (Å²) in [6.45, 7) is 0. The lowest BCUT2D eigenvalue weighted by molar-refractivity contribution is -0.146. The van der Waals surface area contributed by atoms with E-state index in [0.29, 0.717) is 11.4 Å². The van der Waals surface area contributed by atoms with Crippen LogP contribution in [0.15, 0.2) is 54.6 Å². The lowest BCUT2D eigenvalue weighted by atomic mass is 9.79. The van der Waals surface area contributed by atoms with Crippen molar-refractivity contribution in [3.63, 3.8) is 0 Å². The molecule has 0 bridgehead atoms. The van der Waals surface area contributed by atoms with Crippen LogP contribution < -0.4 is 14.8 Å². The smallest absolute Gasteiger partial charge is 0.324 e. The molecule has 2 aliphatic heterocycles. The molecule has 2 heterocycles. The van der Waals surface area contributed by atoms with Gasteiger partial charge in [0.25, 0.3) is 0 Å². The second-order valence-electron chi connectivity index (χ2n) is 5.76. The number of fused-ring (bicyclic) bond motifs is 3. The Labute approximate surface area is 138 Å². The molecule has 0 radical (unpaired) electrons. The maximum Gasteiger partial charge on any atom is 0.324 e. The number of carbonyl (C=O) groups is 2. The Morgan fingerprint density at radius 1 is 1.04 bits per heavy atom. The van der Waals surface area contributed by atoms with Crippen LogP contribution in [0.1, 0.15) is 17.0 Å². The minimum atomic E-state index is -0.845. The number of hydrogen-bond donors (Lipinski definition) is 1. The van der Waals surface area contributed by atoms with E-state index in [4.69, 9.17) is 9.47 Å². The predicted molar refractivity (Wildman–Crippen MR) is 87.4 cm³/mol. The normalized spacial score (nSPS) is 21.8. The van der Waals surface area contributed by atoms with Gasteiger partial charge in [0.2, 0.25) is 5.91 Å². The molecule has 2 aliphatic rings. The van der Waals surface area contributed by atoms with Crippen LogP contribution in [0.4, 0.5) is 0 Å². The second kappa shape index (κ2) is 5.53. The quantitative estimate of drug-likeness (QED) is 0.524. The molecule has 0 aliphatic carbocycles. The third-order valence-electron chi connectivity index (χ3n) is 4.39. The third kappa shape index (κ3) is 2.25. The van der Waals surface area contributed by atoms with E-state index in [1.54, 1.807) is 13.2 Å². The summed E-state index contributed by atoms with van der Waals surface area (Å²) in [6, 6.07) is 14.7. The third-order valence-corrected chi connectivity index (χ3v) is 4.39. The van der Waals surface area contributed by atoms with Gasteiger partial charge < -0.3 is 14.8 Å². The van der Waals surface area contributed by atoms with Gasteiger partial charge in [-0.2, -0.15) is 0 Å². The van der Waals surface area contributed by atoms with E-state index in [0.717, 1.165) is 16.9 Å². The average molecular weight is 321 g/mol. The zero-order valence-corrected chi connectivity index (χ0v) is 13.0. The molecule has 0 aromatic heterocycles. The zero-order chi connectivity index (χ0) is 16.7. The summed E-state index contributed by atoms with van der Waals surface area (Å²) in [5.74, 6) is -0.765. The monoisotopic (exact) mass is 321 g/mol. The molecule has 2 aromatic rings. The average Bonchev–Trinajstić information content (AvgIpc) is 2.61. The molecule has 0 saturated carbocycles. The summed E-state index contributed by atoms with van der Waals surface area (Å²) in [5, 5.41) is 2.81. The first-order valence-electron chi connectivity index (χ1n) is 7.65. The van der Waals surface area contributed by atoms with Gasteiger partial charge in [0.15, 0.2) is 0 Å². The van der Waals surface area contributed by atoms with Crippen molar-refractivity contribution in [1.29, 1.82) is 0 Å². The minimum Gasteiger partial charge on any atom is -0.497 e. The van der Waals surface area contributed by atoms with Crippen molar-refractivity contribution < 1.29 is 19.1 Å². The van der Waals surface area contributed by atoms with Crippen LogP contribution in [0.3, 0.4) is 0 Å². The molecule has 4 rings (SSSR count). The van der Waals surface area contributed by atoms with Gasteiger partial charge in [-0.3, -0.25) is 9.59 Å². The van der Waals surface area contributed by atoms with Gasteiger partial charge in [-0.1, -0.05) is 24.3 Å². The van der Waals surface area contributed by atoms with E-state index < -0.39 is 11.9 Å². The van der Waals surface area contributed by atoms with Gasteiger partial charge in [0.05, 0.1) is 7.11 Å². The first kappa shape index (κ1) is 14.5. The van der Waals surface area contributed by atoms with Crippen molar-refractivity contribution in [2.24, 2.45) is 5.92 Å². The first-order valence-corrected chi connectivity index (χ1v) is 7.65. The Kier molecular flexibility index (Phi) is 3.34. The highest BCUT2D eigenvalue weighted by Crippen LogP contribution is 2.42. The van der Waals surface area contributed by atoms with Gasteiger partial charge in [-0.05, 0) is 35.9 Å². The van der Waals surface area contributed by atoms with Crippen LogP contribution in [0.25, 0.3) is 5.70 Å². The lowest BCUT2D eigenvalue weighted by Crippen LogP contribution is -2.45.